The number of methoxy groups -OCH3 is 2. The predicted octanol–water partition coefficient (Wildman–Crippen LogP) is 3.04. The third-order valence-corrected chi connectivity index (χ3v) is 3.57. The van der Waals surface area contributed by atoms with E-state index in [1.54, 1.807) is 62.8 Å². The van der Waals surface area contributed by atoms with Crippen molar-refractivity contribution in [2.24, 2.45) is 0 Å². The number of benzene rings is 2. The molecule has 0 spiro atoms. The highest BCUT2D eigenvalue weighted by Crippen LogP contribution is 2.17. The second-order valence-corrected chi connectivity index (χ2v) is 5.57. The number of esters is 1. The molecule has 0 aliphatic carbocycles. The standard InChI is InChI=1S/C20H23NO6/c1-24-16-8-10-17(11-9-16)26-12-4-7-20(23)27-14-19(22)21-15-5-3-6-18(13-15)25-2/h3,5-6,8-11,13H,4,7,12,14H2,1-2H3,(H,21,22). The molecule has 1 amide bonds. The van der Waals surface area contributed by atoms with E-state index in [2.05, 4.69) is 5.32 Å². The van der Waals surface area contributed by atoms with Crippen LogP contribution in [-0.4, -0.2) is 39.3 Å². The number of amides is 1. The fourth-order valence-corrected chi connectivity index (χ4v) is 2.19. The number of carbonyl (C=O) groups excluding carboxylic acids is 2. The molecule has 0 fully saturated rings. The number of hydrogen-bond acceptors (Lipinski definition) is 6. The molecule has 0 bridgehead atoms. The summed E-state index contributed by atoms with van der Waals surface area (Å²) in [6.45, 7) is 0.0345. The van der Waals surface area contributed by atoms with Gasteiger partial charge in [0.1, 0.15) is 17.2 Å². The van der Waals surface area contributed by atoms with E-state index in [0.29, 0.717) is 30.2 Å². The first kappa shape index (κ1) is 20.1. The summed E-state index contributed by atoms with van der Waals surface area (Å²) in [5.74, 6) is 1.21. The third kappa shape index (κ3) is 7.27. The minimum absolute atomic E-state index is 0.169. The van der Waals surface area contributed by atoms with Crippen LogP contribution in [-0.2, 0) is 14.3 Å². The summed E-state index contributed by atoms with van der Waals surface area (Å²) in [6.07, 6.45) is 0.658. The molecule has 144 valence electrons. The van der Waals surface area contributed by atoms with E-state index in [1.165, 1.54) is 0 Å². The van der Waals surface area contributed by atoms with Gasteiger partial charge in [-0.15, -0.1) is 0 Å². The van der Waals surface area contributed by atoms with Crippen LogP contribution in [0.3, 0.4) is 0 Å². The number of ether oxygens (including phenoxy) is 4. The van der Waals surface area contributed by atoms with Crippen molar-refractivity contribution in [2.45, 2.75) is 12.8 Å². The Balaban J connectivity index is 1.61. The van der Waals surface area contributed by atoms with Crippen LogP contribution in [0.2, 0.25) is 0 Å². The summed E-state index contributed by atoms with van der Waals surface area (Å²) in [6, 6.07) is 14.1. The van der Waals surface area contributed by atoms with Crippen LogP contribution in [0.1, 0.15) is 12.8 Å². The summed E-state index contributed by atoms with van der Waals surface area (Å²) in [4.78, 5) is 23.5. The molecule has 7 nitrogen and oxygen atoms in total. The summed E-state index contributed by atoms with van der Waals surface area (Å²) in [7, 11) is 3.14. The molecule has 2 aromatic rings. The summed E-state index contributed by atoms with van der Waals surface area (Å²) < 4.78 is 20.6. The van der Waals surface area contributed by atoms with Crippen LogP contribution < -0.4 is 19.5 Å². The van der Waals surface area contributed by atoms with Crippen molar-refractivity contribution in [1.82, 2.24) is 0 Å². The fraction of sp³-hybridized carbons (Fsp3) is 0.300. The topological polar surface area (TPSA) is 83.1 Å². The van der Waals surface area contributed by atoms with E-state index in [1.807, 2.05) is 0 Å². The first-order valence-electron chi connectivity index (χ1n) is 8.47. The Morgan fingerprint density at radius 3 is 2.33 bits per heavy atom. The number of rotatable bonds is 10. The lowest BCUT2D eigenvalue weighted by atomic mass is 10.3. The maximum absolute atomic E-state index is 11.8. The van der Waals surface area contributed by atoms with Gasteiger partial charge >= 0.3 is 5.97 Å². The lowest BCUT2D eigenvalue weighted by molar-refractivity contribution is -0.147. The third-order valence-electron chi connectivity index (χ3n) is 3.57. The van der Waals surface area contributed by atoms with Crippen LogP contribution in [0.4, 0.5) is 5.69 Å². The highest BCUT2D eigenvalue weighted by atomic mass is 16.5. The van der Waals surface area contributed by atoms with Crippen LogP contribution in [0, 0.1) is 0 Å². The monoisotopic (exact) mass is 373 g/mol. The van der Waals surface area contributed by atoms with Gasteiger partial charge in [0.25, 0.3) is 5.91 Å². The Bertz CT molecular complexity index is 744. The van der Waals surface area contributed by atoms with Gasteiger partial charge in [0.05, 0.1) is 20.8 Å². The smallest absolute Gasteiger partial charge is 0.306 e. The Morgan fingerprint density at radius 1 is 0.926 bits per heavy atom. The van der Waals surface area contributed by atoms with Gasteiger partial charge in [0, 0.05) is 18.2 Å². The quantitative estimate of drug-likeness (QED) is 0.509. The molecule has 0 saturated heterocycles. The van der Waals surface area contributed by atoms with Gasteiger partial charge in [0.15, 0.2) is 6.61 Å². The molecule has 0 aromatic heterocycles. The normalized spacial score (nSPS) is 10.0. The van der Waals surface area contributed by atoms with E-state index in [-0.39, 0.29) is 13.0 Å². The molecule has 0 aliphatic rings. The number of anilines is 1. The van der Waals surface area contributed by atoms with Crippen LogP contribution >= 0.6 is 0 Å². The van der Waals surface area contributed by atoms with Gasteiger partial charge in [-0.3, -0.25) is 9.59 Å². The SMILES string of the molecule is COc1ccc(OCCCC(=O)OCC(=O)Nc2cccc(OC)c2)cc1. The van der Waals surface area contributed by atoms with E-state index in [4.69, 9.17) is 18.9 Å². The maximum atomic E-state index is 11.8. The van der Waals surface area contributed by atoms with Crippen molar-refractivity contribution < 1.29 is 28.5 Å². The highest BCUT2D eigenvalue weighted by molar-refractivity contribution is 5.92. The second kappa shape index (κ2) is 10.7. The van der Waals surface area contributed by atoms with Gasteiger partial charge in [-0.05, 0) is 42.8 Å². The molecule has 0 aliphatic heterocycles. The zero-order valence-electron chi connectivity index (χ0n) is 15.4. The maximum Gasteiger partial charge on any atom is 0.306 e. The van der Waals surface area contributed by atoms with Gasteiger partial charge in [0.2, 0.25) is 0 Å². The molecule has 1 N–H and O–H groups in total. The molecule has 0 saturated carbocycles. The van der Waals surface area contributed by atoms with Crippen LogP contribution in [0.15, 0.2) is 48.5 Å². The van der Waals surface area contributed by atoms with Gasteiger partial charge in [-0.25, -0.2) is 0 Å². The average Bonchev–Trinajstić information content (AvgIpc) is 2.70. The molecule has 2 aromatic carbocycles. The fourth-order valence-electron chi connectivity index (χ4n) is 2.19. The Hall–Kier alpha value is -3.22. The van der Waals surface area contributed by atoms with E-state index >= 15 is 0 Å². The van der Waals surface area contributed by atoms with Crippen LogP contribution in [0.5, 0.6) is 17.2 Å². The molecular formula is C20H23NO6. The zero-order chi connectivity index (χ0) is 19.5. The Kier molecular flexibility index (Phi) is 7.96. The van der Waals surface area contributed by atoms with Crippen molar-refractivity contribution >= 4 is 17.6 Å². The van der Waals surface area contributed by atoms with Gasteiger partial charge in [-0.2, -0.15) is 0 Å². The molecular weight excluding hydrogens is 350 g/mol. The molecule has 7 heteroatoms. The van der Waals surface area contributed by atoms with Crippen molar-refractivity contribution in [3.05, 3.63) is 48.5 Å². The van der Waals surface area contributed by atoms with Gasteiger partial charge in [-0.1, -0.05) is 6.07 Å². The Morgan fingerprint density at radius 2 is 1.63 bits per heavy atom. The minimum Gasteiger partial charge on any atom is -0.497 e. The predicted molar refractivity (Wildman–Crippen MR) is 100 cm³/mol. The van der Waals surface area contributed by atoms with Crippen molar-refractivity contribution in [3.8, 4) is 17.2 Å². The van der Waals surface area contributed by atoms with Gasteiger partial charge < -0.3 is 24.3 Å². The zero-order valence-corrected chi connectivity index (χ0v) is 15.4. The van der Waals surface area contributed by atoms with Crippen molar-refractivity contribution in [3.63, 3.8) is 0 Å². The van der Waals surface area contributed by atoms with E-state index in [0.717, 1.165) is 5.75 Å². The van der Waals surface area contributed by atoms with Crippen molar-refractivity contribution in [1.29, 1.82) is 0 Å². The first-order chi connectivity index (χ1) is 13.1. The number of hydrogen-bond donors (Lipinski definition) is 1. The Labute approximate surface area is 158 Å². The van der Waals surface area contributed by atoms with Crippen LogP contribution in [0.25, 0.3) is 0 Å². The van der Waals surface area contributed by atoms with E-state index < -0.39 is 11.9 Å². The van der Waals surface area contributed by atoms with Crippen molar-refractivity contribution in [2.75, 3.05) is 32.8 Å². The van der Waals surface area contributed by atoms with E-state index in [9.17, 15) is 9.59 Å². The lowest BCUT2D eigenvalue weighted by Crippen LogP contribution is -2.21. The first-order valence-corrected chi connectivity index (χ1v) is 8.47. The average molecular weight is 373 g/mol. The number of nitrogens with one attached hydrogen (secondary N) is 1. The summed E-state index contributed by atoms with van der Waals surface area (Å²) in [5.41, 5.74) is 0.572. The number of carbonyl (C=O) groups is 2. The second-order valence-electron chi connectivity index (χ2n) is 5.57. The molecule has 0 unspecified atom stereocenters. The largest absolute Gasteiger partial charge is 0.497 e. The lowest BCUT2D eigenvalue weighted by Gasteiger charge is -2.08. The summed E-state index contributed by atoms with van der Waals surface area (Å²) >= 11 is 0. The molecule has 27 heavy (non-hydrogen) atoms. The molecule has 0 atom stereocenters. The molecule has 0 radical (unpaired) electrons. The molecule has 2 rings (SSSR count). The molecule has 0 heterocycles. The minimum atomic E-state index is -0.450. The summed E-state index contributed by atoms with van der Waals surface area (Å²) in [5, 5.41) is 2.64. The highest BCUT2D eigenvalue weighted by Gasteiger charge is 2.08.